The number of halogens is 1. The molecule has 0 spiro atoms. The van der Waals surface area contributed by atoms with E-state index in [9.17, 15) is 4.79 Å². The Balaban J connectivity index is 2.22. The third kappa shape index (κ3) is 2.65. The number of hydrogen-bond acceptors (Lipinski definition) is 3. The molecule has 4 heteroatoms. The van der Waals surface area contributed by atoms with E-state index in [-0.39, 0.29) is 5.24 Å². The van der Waals surface area contributed by atoms with Crippen molar-refractivity contribution in [2.75, 3.05) is 0 Å². The molecular weight excluding hydrogens is 176 g/mol. The molecule has 0 saturated heterocycles. The van der Waals surface area contributed by atoms with Crippen molar-refractivity contribution in [1.82, 2.24) is 0 Å². The highest BCUT2D eigenvalue weighted by atomic mass is 35.5. The lowest BCUT2D eigenvalue weighted by Crippen LogP contribution is -1.96. The first-order valence-electron chi connectivity index (χ1n) is 2.43. The summed E-state index contributed by atoms with van der Waals surface area (Å²) in [5.74, 6) is 0. The highest BCUT2D eigenvalue weighted by Crippen LogP contribution is 2.35. The normalized spacial score (nSPS) is 18.8. The van der Waals surface area contributed by atoms with Gasteiger partial charge in [0.05, 0.1) is 4.58 Å². The summed E-state index contributed by atoms with van der Waals surface area (Å²) in [5, 5.41) is 3.72. The van der Waals surface area contributed by atoms with E-state index in [1.165, 1.54) is 0 Å². The predicted molar refractivity (Wildman–Crippen MR) is 43.6 cm³/mol. The molecule has 0 radical (unpaired) electrons. The number of thioether (sulfide) groups is 2. The van der Waals surface area contributed by atoms with Crippen molar-refractivity contribution in [3.05, 3.63) is 10.8 Å². The van der Waals surface area contributed by atoms with E-state index in [0.717, 1.165) is 0 Å². The van der Waals surface area contributed by atoms with E-state index in [4.69, 9.17) is 11.6 Å². The van der Waals surface area contributed by atoms with Gasteiger partial charge >= 0.3 is 0 Å². The van der Waals surface area contributed by atoms with E-state index < -0.39 is 0 Å². The van der Waals surface area contributed by atoms with Crippen LogP contribution in [0.1, 0.15) is 6.42 Å². The number of rotatable bonds is 2. The molecule has 0 aromatic carbocycles. The summed E-state index contributed by atoms with van der Waals surface area (Å²) in [7, 11) is 0. The zero-order valence-corrected chi connectivity index (χ0v) is 6.93. The van der Waals surface area contributed by atoms with E-state index in [2.05, 4.69) is 0 Å². The Morgan fingerprint density at radius 3 is 2.56 bits per heavy atom. The van der Waals surface area contributed by atoms with Crippen molar-refractivity contribution >= 4 is 40.4 Å². The SMILES string of the molecule is O=C(Cl)CC1SC=CS1. The first kappa shape index (κ1) is 7.51. The molecule has 1 heterocycles. The van der Waals surface area contributed by atoms with Crippen molar-refractivity contribution < 1.29 is 4.79 Å². The van der Waals surface area contributed by atoms with E-state index in [1.807, 2.05) is 10.8 Å². The van der Waals surface area contributed by atoms with Crippen LogP contribution in [0.5, 0.6) is 0 Å². The molecule has 1 nitrogen and oxygen atoms in total. The minimum absolute atomic E-state index is 0.247. The van der Waals surface area contributed by atoms with Crippen LogP contribution in [0.3, 0.4) is 0 Å². The van der Waals surface area contributed by atoms with Crippen LogP contribution in [0.4, 0.5) is 0 Å². The number of carbonyl (C=O) groups excluding carboxylic acids is 1. The van der Waals surface area contributed by atoms with Crippen molar-refractivity contribution in [2.45, 2.75) is 11.0 Å². The van der Waals surface area contributed by atoms with Crippen LogP contribution < -0.4 is 0 Å². The fraction of sp³-hybridized carbons (Fsp3) is 0.400. The van der Waals surface area contributed by atoms with Gasteiger partial charge in [-0.2, -0.15) is 0 Å². The van der Waals surface area contributed by atoms with Gasteiger partial charge in [-0.05, 0) is 22.4 Å². The molecule has 0 fully saturated rings. The van der Waals surface area contributed by atoms with E-state index in [0.29, 0.717) is 11.0 Å². The molecule has 0 aliphatic carbocycles. The van der Waals surface area contributed by atoms with Crippen LogP contribution in [0.25, 0.3) is 0 Å². The van der Waals surface area contributed by atoms with Gasteiger partial charge in [0.15, 0.2) is 0 Å². The molecule has 50 valence electrons. The standard InChI is InChI=1S/C5H5ClOS2/c6-4(7)3-5-8-1-2-9-5/h1-2,5H,3H2. The summed E-state index contributed by atoms with van der Waals surface area (Å²) in [6, 6.07) is 0. The quantitative estimate of drug-likeness (QED) is 0.608. The maximum atomic E-state index is 10.3. The van der Waals surface area contributed by atoms with E-state index >= 15 is 0 Å². The highest BCUT2D eigenvalue weighted by Gasteiger charge is 2.14. The average Bonchev–Trinajstić information content (AvgIpc) is 2.15. The van der Waals surface area contributed by atoms with Crippen LogP contribution >= 0.6 is 35.1 Å². The molecule has 0 N–H and O–H groups in total. The summed E-state index contributed by atoms with van der Waals surface area (Å²) >= 11 is 8.46. The largest absolute Gasteiger partial charge is 0.281 e. The Labute approximate surface area is 67.2 Å². The third-order valence-corrected chi connectivity index (χ3v) is 3.36. The molecule has 0 amide bonds. The first-order chi connectivity index (χ1) is 4.29. The molecule has 0 aromatic rings. The lowest BCUT2D eigenvalue weighted by atomic mass is 10.5. The Bertz CT molecular complexity index is 138. The van der Waals surface area contributed by atoms with Crippen LogP contribution in [0.15, 0.2) is 10.8 Å². The smallest absolute Gasteiger partial charge is 0.223 e. The van der Waals surface area contributed by atoms with E-state index in [1.54, 1.807) is 23.5 Å². The second-order valence-electron chi connectivity index (χ2n) is 1.53. The van der Waals surface area contributed by atoms with Gasteiger partial charge in [0.2, 0.25) is 5.24 Å². The Morgan fingerprint density at radius 2 is 2.11 bits per heavy atom. The van der Waals surface area contributed by atoms with Gasteiger partial charge in [0, 0.05) is 6.42 Å². The monoisotopic (exact) mass is 180 g/mol. The Morgan fingerprint density at radius 1 is 1.56 bits per heavy atom. The summed E-state index contributed by atoms with van der Waals surface area (Å²) in [4.78, 5) is 10.3. The highest BCUT2D eigenvalue weighted by molar-refractivity contribution is 8.22. The maximum absolute atomic E-state index is 10.3. The van der Waals surface area contributed by atoms with Gasteiger partial charge in [-0.1, -0.05) is 0 Å². The zero-order valence-electron chi connectivity index (χ0n) is 4.54. The lowest BCUT2D eigenvalue weighted by molar-refractivity contribution is -0.111. The molecule has 1 aliphatic heterocycles. The predicted octanol–water partition coefficient (Wildman–Crippen LogP) is 2.42. The molecule has 0 aromatic heterocycles. The average molecular weight is 181 g/mol. The van der Waals surface area contributed by atoms with Crippen LogP contribution in [-0.4, -0.2) is 9.82 Å². The summed E-state index contributed by atoms with van der Waals surface area (Å²) < 4.78 is 0.329. The van der Waals surface area contributed by atoms with Crippen LogP contribution in [-0.2, 0) is 4.79 Å². The lowest BCUT2D eigenvalue weighted by Gasteiger charge is -2.00. The topological polar surface area (TPSA) is 17.1 Å². The fourth-order valence-corrected chi connectivity index (χ4v) is 2.84. The molecule has 1 rings (SSSR count). The van der Waals surface area contributed by atoms with Crippen molar-refractivity contribution in [3.8, 4) is 0 Å². The van der Waals surface area contributed by atoms with Gasteiger partial charge < -0.3 is 0 Å². The number of hydrogen-bond donors (Lipinski definition) is 0. The molecule has 1 aliphatic rings. The van der Waals surface area contributed by atoms with Crippen LogP contribution in [0.2, 0.25) is 0 Å². The maximum Gasteiger partial charge on any atom is 0.223 e. The van der Waals surface area contributed by atoms with Crippen molar-refractivity contribution in [3.63, 3.8) is 0 Å². The fourth-order valence-electron chi connectivity index (χ4n) is 0.499. The minimum atomic E-state index is -0.247. The molecular formula is C5H5ClOS2. The first-order valence-corrected chi connectivity index (χ1v) is 4.69. The summed E-state index contributed by atoms with van der Waals surface area (Å²) in [5.41, 5.74) is 0. The van der Waals surface area contributed by atoms with Gasteiger partial charge in [-0.15, -0.1) is 23.5 Å². The second kappa shape index (κ2) is 3.54. The molecule has 9 heavy (non-hydrogen) atoms. The third-order valence-electron chi connectivity index (χ3n) is 0.843. The zero-order chi connectivity index (χ0) is 6.69. The van der Waals surface area contributed by atoms with Crippen LogP contribution in [0, 0.1) is 0 Å². The molecule has 0 unspecified atom stereocenters. The van der Waals surface area contributed by atoms with Crippen molar-refractivity contribution in [1.29, 1.82) is 0 Å². The second-order valence-corrected chi connectivity index (χ2v) is 4.48. The summed E-state index contributed by atoms with van der Waals surface area (Å²) in [6.45, 7) is 0. The van der Waals surface area contributed by atoms with Gasteiger partial charge in [-0.25, -0.2) is 0 Å². The molecule has 0 saturated carbocycles. The molecule has 0 atom stereocenters. The number of carbonyl (C=O) groups is 1. The summed E-state index contributed by atoms with van der Waals surface area (Å²) in [6.07, 6.45) is 0.462. The van der Waals surface area contributed by atoms with Gasteiger partial charge in [0.25, 0.3) is 0 Å². The van der Waals surface area contributed by atoms with Gasteiger partial charge in [0.1, 0.15) is 0 Å². The van der Waals surface area contributed by atoms with Gasteiger partial charge in [-0.3, -0.25) is 4.79 Å². The Hall–Kier alpha value is 0.400. The molecule has 0 bridgehead atoms. The minimum Gasteiger partial charge on any atom is -0.281 e. The Kier molecular flexibility index (Phi) is 2.95. The van der Waals surface area contributed by atoms with Crippen molar-refractivity contribution in [2.24, 2.45) is 0 Å².